The van der Waals surface area contributed by atoms with Crippen LogP contribution in [0.3, 0.4) is 0 Å². The van der Waals surface area contributed by atoms with Gasteiger partial charge in [-0.1, -0.05) is 0 Å². The Labute approximate surface area is 164 Å². The number of morpholine rings is 1. The van der Waals surface area contributed by atoms with E-state index in [0.29, 0.717) is 49.2 Å². The smallest absolute Gasteiger partial charge is 0.255 e. The SMILES string of the molecule is CCOc1cc(N2CCOCC2)c(OCC)cc1NC(=O)c1ccc(F)cc1. The fraction of sp³-hybridized carbons (Fsp3) is 0.381. The van der Waals surface area contributed by atoms with Gasteiger partial charge in [0.15, 0.2) is 0 Å². The van der Waals surface area contributed by atoms with Crippen molar-refractivity contribution in [3.63, 3.8) is 0 Å². The van der Waals surface area contributed by atoms with Gasteiger partial charge in [0.1, 0.15) is 17.3 Å². The number of carbonyl (C=O) groups is 1. The van der Waals surface area contributed by atoms with Crippen LogP contribution in [0.15, 0.2) is 36.4 Å². The van der Waals surface area contributed by atoms with E-state index >= 15 is 0 Å². The predicted octanol–water partition coefficient (Wildman–Crippen LogP) is 3.71. The molecule has 1 N–H and O–H groups in total. The first-order valence-corrected chi connectivity index (χ1v) is 9.45. The van der Waals surface area contributed by atoms with Gasteiger partial charge < -0.3 is 24.4 Å². The molecule has 28 heavy (non-hydrogen) atoms. The van der Waals surface area contributed by atoms with Crippen molar-refractivity contribution < 1.29 is 23.4 Å². The van der Waals surface area contributed by atoms with Crippen LogP contribution in [0.25, 0.3) is 0 Å². The largest absolute Gasteiger partial charge is 0.492 e. The van der Waals surface area contributed by atoms with Gasteiger partial charge in [-0.2, -0.15) is 0 Å². The number of carbonyl (C=O) groups excluding carboxylic acids is 1. The molecule has 0 spiro atoms. The number of anilines is 2. The van der Waals surface area contributed by atoms with Crippen molar-refractivity contribution in [3.8, 4) is 11.5 Å². The Morgan fingerprint density at radius 2 is 1.71 bits per heavy atom. The van der Waals surface area contributed by atoms with E-state index in [2.05, 4.69) is 10.2 Å². The predicted molar refractivity (Wildman–Crippen MR) is 106 cm³/mol. The Bertz CT molecular complexity index is 805. The van der Waals surface area contributed by atoms with E-state index in [1.54, 1.807) is 6.07 Å². The zero-order chi connectivity index (χ0) is 19.9. The number of benzene rings is 2. The molecule has 0 aromatic heterocycles. The monoisotopic (exact) mass is 388 g/mol. The lowest BCUT2D eigenvalue weighted by Crippen LogP contribution is -2.36. The molecule has 2 aromatic carbocycles. The first-order chi connectivity index (χ1) is 13.6. The van der Waals surface area contributed by atoms with Crippen molar-refractivity contribution in [3.05, 3.63) is 47.8 Å². The van der Waals surface area contributed by atoms with Crippen molar-refractivity contribution in [2.24, 2.45) is 0 Å². The Morgan fingerprint density at radius 1 is 1.07 bits per heavy atom. The zero-order valence-electron chi connectivity index (χ0n) is 16.2. The Morgan fingerprint density at radius 3 is 2.36 bits per heavy atom. The molecule has 1 fully saturated rings. The third-order valence-corrected chi connectivity index (χ3v) is 4.37. The highest BCUT2D eigenvalue weighted by Gasteiger charge is 2.20. The molecule has 1 saturated heterocycles. The Balaban J connectivity index is 1.93. The van der Waals surface area contributed by atoms with Gasteiger partial charge in [0.2, 0.25) is 0 Å². The van der Waals surface area contributed by atoms with Gasteiger partial charge in [-0.25, -0.2) is 4.39 Å². The second-order valence-electron chi connectivity index (χ2n) is 6.24. The molecular weight excluding hydrogens is 363 g/mol. The van der Waals surface area contributed by atoms with Crippen LogP contribution in [0, 0.1) is 5.82 Å². The van der Waals surface area contributed by atoms with Crippen molar-refractivity contribution in [1.82, 2.24) is 0 Å². The first-order valence-electron chi connectivity index (χ1n) is 9.45. The minimum absolute atomic E-state index is 0.345. The lowest BCUT2D eigenvalue weighted by molar-refractivity contribution is 0.102. The van der Waals surface area contributed by atoms with E-state index in [1.165, 1.54) is 24.3 Å². The van der Waals surface area contributed by atoms with E-state index in [1.807, 2.05) is 19.9 Å². The maximum atomic E-state index is 13.1. The summed E-state index contributed by atoms with van der Waals surface area (Å²) in [6.07, 6.45) is 0. The summed E-state index contributed by atoms with van der Waals surface area (Å²) in [6, 6.07) is 9.06. The van der Waals surface area contributed by atoms with Gasteiger partial charge in [0.25, 0.3) is 5.91 Å². The summed E-state index contributed by atoms with van der Waals surface area (Å²) in [5, 5.41) is 2.85. The van der Waals surface area contributed by atoms with Gasteiger partial charge in [-0.05, 0) is 38.1 Å². The second kappa shape index (κ2) is 9.41. The normalized spacial score (nSPS) is 13.9. The number of nitrogens with zero attached hydrogens (tertiary/aromatic N) is 1. The average molecular weight is 388 g/mol. The molecule has 7 heteroatoms. The molecule has 1 aliphatic rings. The molecule has 1 amide bonds. The second-order valence-corrected chi connectivity index (χ2v) is 6.24. The third kappa shape index (κ3) is 4.72. The summed E-state index contributed by atoms with van der Waals surface area (Å²) in [7, 11) is 0. The number of halogens is 1. The van der Waals surface area contributed by atoms with Crippen LogP contribution in [0.4, 0.5) is 15.8 Å². The molecule has 0 saturated carbocycles. The van der Waals surface area contributed by atoms with Crippen molar-refractivity contribution in [2.75, 3.05) is 49.7 Å². The molecule has 0 radical (unpaired) electrons. The highest BCUT2D eigenvalue weighted by atomic mass is 19.1. The van der Waals surface area contributed by atoms with Gasteiger partial charge in [-0.15, -0.1) is 0 Å². The fourth-order valence-electron chi connectivity index (χ4n) is 3.04. The molecule has 1 heterocycles. The maximum Gasteiger partial charge on any atom is 0.255 e. The highest BCUT2D eigenvalue weighted by molar-refractivity contribution is 6.05. The van der Waals surface area contributed by atoms with Crippen LogP contribution >= 0.6 is 0 Å². The molecule has 2 aromatic rings. The number of ether oxygens (including phenoxy) is 3. The average Bonchev–Trinajstić information content (AvgIpc) is 2.71. The fourth-order valence-corrected chi connectivity index (χ4v) is 3.04. The van der Waals surface area contributed by atoms with Crippen LogP contribution in [0.5, 0.6) is 11.5 Å². The molecule has 0 atom stereocenters. The van der Waals surface area contributed by atoms with Gasteiger partial charge in [0.05, 0.1) is 37.8 Å². The lowest BCUT2D eigenvalue weighted by atomic mass is 10.1. The number of hydrogen-bond acceptors (Lipinski definition) is 5. The van der Waals surface area contributed by atoms with E-state index in [-0.39, 0.29) is 11.7 Å². The molecule has 1 aliphatic heterocycles. The minimum Gasteiger partial charge on any atom is -0.492 e. The van der Waals surface area contributed by atoms with Gasteiger partial charge >= 0.3 is 0 Å². The van der Waals surface area contributed by atoms with E-state index in [9.17, 15) is 9.18 Å². The molecule has 3 rings (SSSR count). The third-order valence-electron chi connectivity index (χ3n) is 4.37. The number of rotatable bonds is 7. The maximum absolute atomic E-state index is 13.1. The summed E-state index contributed by atoms with van der Waals surface area (Å²) in [5.74, 6) is 0.493. The first kappa shape index (κ1) is 19.9. The van der Waals surface area contributed by atoms with E-state index in [0.717, 1.165) is 18.8 Å². The standard InChI is InChI=1S/C21H25FN2O4/c1-3-27-19-14-18(24-9-11-26-12-10-24)20(28-4-2)13-17(19)23-21(25)15-5-7-16(22)8-6-15/h5-8,13-14H,3-4,9-12H2,1-2H3,(H,23,25). The van der Waals surface area contributed by atoms with Crippen molar-refractivity contribution in [1.29, 1.82) is 0 Å². The number of nitrogens with one attached hydrogen (secondary N) is 1. The van der Waals surface area contributed by atoms with Crippen LogP contribution in [0.1, 0.15) is 24.2 Å². The van der Waals surface area contributed by atoms with Crippen LogP contribution in [0.2, 0.25) is 0 Å². The van der Waals surface area contributed by atoms with Crippen molar-refractivity contribution in [2.45, 2.75) is 13.8 Å². The van der Waals surface area contributed by atoms with Gasteiger partial charge in [0, 0.05) is 30.8 Å². The zero-order valence-corrected chi connectivity index (χ0v) is 16.2. The minimum atomic E-state index is -0.389. The lowest BCUT2D eigenvalue weighted by Gasteiger charge is -2.31. The summed E-state index contributed by atoms with van der Waals surface area (Å²) in [6.45, 7) is 7.57. The molecular formula is C21H25FN2O4. The molecule has 0 unspecified atom stereocenters. The number of amides is 1. The molecule has 0 aliphatic carbocycles. The van der Waals surface area contributed by atoms with Crippen LogP contribution in [-0.4, -0.2) is 45.4 Å². The van der Waals surface area contributed by atoms with Crippen LogP contribution in [-0.2, 0) is 4.74 Å². The highest BCUT2D eigenvalue weighted by Crippen LogP contribution is 2.39. The Kier molecular flexibility index (Phi) is 6.71. The van der Waals surface area contributed by atoms with Gasteiger partial charge in [-0.3, -0.25) is 4.79 Å². The Hall–Kier alpha value is -2.80. The molecule has 0 bridgehead atoms. The summed E-state index contributed by atoms with van der Waals surface area (Å²) in [5.41, 5.74) is 1.78. The molecule has 150 valence electrons. The van der Waals surface area contributed by atoms with Crippen molar-refractivity contribution >= 4 is 17.3 Å². The quantitative estimate of drug-likeness (QED) is 0.784. The van der Waals surface area contributed by atoms with Crippen LogP contribution < -0.4 is 19.7 Å². The summed E-state index contributed by atoms with van der Waals surface area (Å²) in [4.78, 5) is 14.8. The topological polar surface area (TPSA) is 60.0 Å². The summed E-state index contributed by atoms with van der Waals surface area (Å²) >= 11 is 0. The summed E-state index contributed by atoms with van der Waals surface area (Å²) < 4.78 is 30.2. The van der Waals surface area contributed by atoms with E-state index in [4.69, 9.17) is 14.2 Å². The van der Waals surface area contributed by atoms with E-state index < -0.39 is 0 Å². The molecule has 6 nitrogen and oxygen atoms in total. The number of hydrogen-bond donors (Lipinski definition) is 1.